The van der Waals surface area contributed by atoms with Crippen molar-refractivity contribution in [1.29, 1.82) is 0 Å². The van der Waals surface area contributed by atoms with Gasteiger partial charge in [0.25, 0.3) is 0 Å². The van der Waals surface area contributed by atoms with Gasteiger partial charge in [0.2, 0.25) is 0 Å². The first-order valence-corrected chi connectivity index (χ1v) is 8.51. The molecule has 2 nitrogen and oxygen atoms in total. The number of nitrogens with zero attached hydrogens (tertiary/aromatic N) is 1. The number of rotatable bonds is 7. The zero-order valence-electron chi connectivity index (χ0n) is 12.8. The zero-order valence-corrected chi connectivity index (χ0v) is 13.6. The van der Waals surface area contributed by atoms with E-state index in [9.17, 15) is 0 Å². The second-order valence-electron chi connectivity index (χ2n) is 5.34. The van der Waals surface area contributed by atoms with Crippen molar-refractivity contribution in [2.45, 2.75) is 77.5 Å². The molecule has 0 bridgehead atoms. The quantitative estimate of drug-likeness (QED) is 0.739. The molecule has 18 heavy (non-hydrogen) atoms. The average Bonchev–Trinajstić information content (AvgIpc) is 2.86. The Labute approximate surface area is 117 Å². The molecule has 0 radical (unpaired) electrons. The Kier molecular flexibility index (Phi) is 6.54. The Balaban J connectivity index is 2.56. The van der Waals surface area contributed by atoms with E-state index < -0.39 is 0 Å². The van der Waals surface area contributed by atoms with Gasteiger partial charge >= 0.3 is 0 Å². The van der Waals surface area contributed by atoms with Crippen molar-refractivity contribution in [2.24, 2.45) is 10.9 Å². The minimum atomic E-state index is 0.259. The lowest BCUT2D eigenvalue weighted by Crippen LogP contribution is -2.45. The van der Waals surface area contributed by atoms with Gasteiger partial charge in [0.1, 0.15) is 0 Å². The topological polar surface area (TPSA) is 24.4 Å². The highest BCUT2D eigenvalue weighted by Gasteiger charge is 2.30. The van der Waals surface area contributed by atoms with Crippen LogP contribution < -0.4 is 5.32 Å². The summed E-state index contributed by atoms with van der Waals surface area (Å²) in [6.07, 6.45) is 6.08. The molecule has 0 aromatic heterocycles. The van der Waals surface area contributed by atoms with Gasteiger partial charge in [-0.2, -0.15) is 0 Å². The number of thioether (sulfide) groups is 1. The molecule has 1 atom stereocenters. The summed E-state index contributed by atoms with van der Waals surface area (Å²) in [7, 11) is 0. The molecule has 0 spiro atoms. The van der Waals surface area contributed by atoms with Crippen molar-refractivity contribution in [2.75, 3.05) is 6.54 Å². The van der Waals surface area contributed by atoms with E-state index in [0.29, 0.717) is 5.25 Å². The fraction of sp³-hybridized carbons (Fsp3) is 0.933. The number of amidine groups is 1. The van der Waals surface area contributed by atoms with Gasteiger partial charge in [0, 0.05) is 10.8 Å². The maximum atomic E-state index is 4.73. The predicted molar refractivity (Wildman–Crippen MR) is 84.5 cm³/mol. The Morgan fingerprint density at radius 2 is 1.72 bits per heavy atom. The average molecular weight is 270 g/mol. The predicted octanol–water partition coefficient (Wildman–Crippen LogP) is 4.45. The third-order valence-electron chi connectivity index (χ3n) is 4.65. The van der Waals surface area contributed by atoms with E-state index in [2.05, 4.69) is 39.9 Å². The lowest BCUT2D eigenvalue weighted by molar-refractivity contribution is 0.342. The molecule has 3 heteroatoms. The molecule has 0 saturated carbocycles. The lowest BCUT2D eigenvalue weighted by atomic mass is 9.90. The van der Waals surface area contributed by atoms with E-state index >= 15 is 0 Å². The van der Waals surface area contributed by atoms with Gasteiger partial charge in [-0.1, -0.05) is 59.2 Å². The summed E-state index contributed by atoms with van der Waals surface area (Å²) < 4.78 is 0. The van der Waals surface area contributed by atoms with E-state index in [0.717, 1.165) is 12.5 Å². The molecule has 1 heterocycles. The molecule has 0 aromatic rings. The van der Waals surface area contributed by atoms with Crippen molar-refractivity contribution < 1.29 is 0 Å². The van der Waals surface area contributed by atoms with E-state index in [1.54, 1.807) is 0 Å². The summed E-state index contributed by atoms with van der Waals surface area (Å²) in [5, 5.41) is 5.62. The van der Waals surface area contributed by atoms with Crippen LogP contribution in [0.1, 0.15) is 66.7 Å². The SMILES string of the molecule is CCC(CC)C1CN=C(NC(CC)(CC)CC)S1. The minimum Gasteiger partial charge on any atom is -0.360 e. The molecule has 1 aliphatic heterocycles. The van der Waals surface area contributed by atoms with Crippen molar-refractivity contribution in [1.82, 2.24) is 5.32 Å². The molecule has 0 aromatic carbocycles. The largest absolute Gasteiger partial charge is 0.360 e. The van der Waals surface area contributed by atoms with Crippen LogP contribution in [0.2, 0.25) is 0 Å². The number of hydrogen-bond acceptors (Lipinski definition) is 3. The highest BCUT2D eigenvalue weighted by Crippen LogP contribution is 2.32. The van der Waals surface area contributed by atoms with Gasteiger partial charge in [0.15, 0.2) is 5.17 Å². The van der Waals surface area contributed by atoms with Crippen molar-refractivity contribution >= 4 is 16.9 Å². The lowest BCUT2D eigenvalue weighted by Gasteiger charge is -2.32. The normalized spacial score (nSPS) is 20.3. The molecular formula is C15H30N2S. The molecule has 1 unspecified atom stereocenters. The van der Waals surface area contributed by atoms with Crippen LogP contribution in [0.3, 0.4) is 0 Å². The molecule has 0 saturated heterocycles. The Bertz CT molecular complexity index is 259. The highest BCUT2D eigenvalue weighted by atomic mass is 32.2. The van der Waals surface area contributed by atoms with Gasteiger partial charge in [-0.3, -0.25) is 4.99 Å². The molecule has 0 aliphatic carbocycles. The standard InChI is InChI=1S/C15H30N2S/c1-6-12(7-2)13-11-16-14(18-13)17-15(8-3,9-4)10-5/h12-13H,6-11H2,1-5H3,(H,16,17). The van der Waals surface area contributed by atoms with Gasteiger partial charge in [0.05, 0.1) is 6.54 Å². The summed E-state index contributed by atoms with van der Waals surface area (Å²) in [6.45, 7) is 12.4. The zero-order chi connectivity index (χ0) is 13.6. The molecule has 106 valence electrons. The molecular weight excluding hydrogens is 240 g/mol. The fourth-order valence-electron chi connectivity index (χ4n) is 2.76. The van der Waals surface area contributed by atoms with Crippen LogP contribution in [0.25, 0.3) is 0 Å². The maximum Gasteiger partial charge on any atom is 0.157 e. The van der Waals surface area contributed by atoms with Crippen LogP contribution in [-0.4, -0.2) is 22.5 Å². The van der Waals surface area contributed by atoms with E-state index in [1.807, 2.05) is 11.8 Å². The van der Waals surface area contributed by atoms with Gasteiger partial charge < -0.3 is 5.32 Å². The first-order chi connectivity index (χ1) is 8.64. The maximum absolute atomic E-state index is 4.73. The molecule has 1 N–H and O–H groups in total. The van der Waals surface area contributed by atoms with Crippen LogP contribution >= 0.6 is 11.8 Å². The van der Waals surface area contributed by atoms with Crippen LogP contribution in [0.4, 0.5) is 0 Å². The molecule has 0 amide bonds. The second kappa shape index (κ2) is 7.42. The first-order valence-electron chi connectivity index (χ1n) is 7.63. The smallest absolute Gasteiger partial charge is 0.157 e. The van der Waals surface area contributed by atoms with Crippen molar-refractivity contribution in [3.8, 4) is 0 Å². The Hall–Kier alpha value is -0.180. The first kappa shape index (κ1) is 15.9. The number of hydrogen-bond donors (Lipinski definition) is 1. The van der Waals surface area contributed by atoms with Crippen molar-refractivity contribution in [3.05, 3.63) is 0 Å². The fourth-order valence-corrected chi connectivity index (χ4v) is 4.20. The summed E-state index contributed by atoms with van der Waals surface area (Å²) >= 11 is 1.98. The third kappa shape index (κ3) is 3.66. The second-order valence-corrected chi connectivity index (χ2v) is 6.57. The summed E-state index contributed by atoms with van der Waals surface area (Å²) in [4.78, 5) is 4.73. The van der Waals surface area contributed by atoms with E-state index in [1.165, 1.54) is 37.3 Å². The molecule has 1 aliphatic rings. The minimum absolute atomic E-state index is 0.259. The van der Waals surface area contributed by atoms with Crippen LogP contribution in [0.5, 0.6) is 0 Å². The third-order valence-corrected chi connectivity index (χ3v) is 5.95. The monoisotopic (exact) mass is 270 g/mol. The summed E-state index contributed by atoms with van der Waals surface area (Å²) in [5.74, 6) is 0.817. The Morgan fingerprint density at radius 3 is 2.17 bits per heavy atom. The molecule has 1 rings (SSSR count). The van der Waals surface area contributed by atoms with Crippen LogP contribution in [0.15, 0.2) is 4.99 Å². The van der Waals surface area contributed by atoms with E-state index in [4.69, 9.17) is 4.99 Å². The van der Waals surface area contributed by atoms with Crippen molar-refractivity contribution in [3.63, 3.8) is 0 Å². The number of aliphatic imine (C=N–C) groups is 1. The highest BCUT2D eigenvalue weighted by molar-refractivity contribution is 8.14. The number of nitrogens with one attached hydrogen (secondary N) is 1. The van der Waals surface area contributed by atoms with Gasteiger partial charge in [-0.05, 0) is 25.2 Å². The van der Waals surface area contributed by atoms with E-state index in [-0.39, 0.29) is 5.54 Å². The van der Waals surface area contributed by atoms with Gasteiger partial charge in [-0.25, -0.2) is 0 Å². The summed E-state index contributed by atoms with van der Waals surface area (Å²) in [6, 6.07) is 0. The molecule has 0 fully saturated rings. The Morgan fingerprint density at radius 1 is 1.17 bits per heavy atom. The van der Waals surface area contributed by atoms with Crippen LogP contribution in [0, 0.1) is 5.92 Å². The van der Waals surface area contributed by atoms with Crippen LogP contribution in [-0.2, 0) is 0 Å². The summed E-state index contributed by atoms with van der Waals surface area (Å²) in [5.41, 5.74) is 0.259. The van der Waals surface area contributed by atoms with Gasteiger partial charge in [-0.15, -0.1) is 0 Å².